The van der Waals surface area contributed by atoms with Gasteiger partial charge in [0.05, 0.1) is 24.6 Å². The lowest BCUT2D eigenvalue weighted by Crippen LogP contribution is -2.40. The summed E-state index contributed by atoms with van der Waals surface area (Å²) in [6, 6.07) is 19.3. The summed E-state index contributed by atoms with van der Waals surface area (Å²) >= 11 is 7.49. The molecule has 0 bridgehead atoms. The number of hydrogen-bond acceptors (Lipinski definition) is 5. The molecule has 1 fully saturated rings. The van der Waals surface area contributed by atoms with Gasteiger partial charge in [-0.2, -0.15) is 5.10 Å². The molecular formula is C23H19ClN4O2S. The van der Waals surface area contributed by atoms with Crippen molar-refractivity contribution in [2.24, 2.45) is 0 Å². The Kier molecular flexibility index (Phi) is 5.55. The van der Waals surface area contributed by atoms with E-state index >= 15 is 0 Å². The Morgan fingerprint density at radius 2 is 1.74 bits per heavy atom. The molecule has 0 radical (unpaired) electrons. The predicted octanol–water partition coefficient (Wildman–Crippen LogP) is 4.79. The highest BCUT2D eigenvalue weighted by Gasteiger charge is 2.24. The monoisotopic (exact) mass is 450 g/mol. The third kappa shape index (κ3) is 4.12. The molecule has 31 heavy (non-hydrogen) atoms. The molecule has 1 aliphatic heterocycles. The Hall–Kier alpha value is -3.00. The average Bonchev–Trinajstić information content (AvgIpc) is 3.48. The van der Waals surface area contributed by atoms with Gasteiger partial charge in [0.2, 0.25) is 5.13 Å². The molecular weight excluding hydrogens is 432 g/mol. The Bertz CT molecular complexity index is 1200. The summed E-state index contributed by atoms with van der Waals surface area (Å²) in [6.45, 7) is 2.25. The van der Waals surface area contributed by atoms with E-state index in [1.807, 2.05) is 66.0 Å². The van der Waals surface area contributed by atoms with Crippen molar-refractivity contribution in [3.63, 3.8) is 0 Å². The number of nitrogens with zero attached hydrogens (tertiary/aromatic N) is 4. The zero-order valence-corrected chi connectivity index (χ0v) is 18.1. The minimum Gasteiger partial charge on any atom is -0.378 e. The van der Waals surface area contributed by atoms with E-state index in [-0.39, 0.29) is 5.91 Å². The number of carbonyl (C=O) groups excluding carboxylic acids is 1. The molecule has 2 aromatic carbocycles. The average molecular weight is 451 g/mol. The molecule has 0 aliphatic carbocycles. The zero-order valence-electron chi connectivity index (χ0n) is 16.6. The van der Waals surface area contributed by atoms with Crippen molar-refractivity contribution in [3.05, 3.63) is 76.8 Å². The number of benzene rings is 2. The smallest absolute Gasteiger partial charge is 0.274 e. The van der Waals surface area contributed by atoms with Crippen molar-refractivity contribution >= 4 is 28.8 Å². The van der Waals surface area contributed by atoms with Crippen LogP contribution in [0.2, 0.25) is 5.02 Å². The summed E-state index contributed by atoms with van der Waals surface area (Å²) in [7, 11) is 0. The van der Waals surface area contributed by atoms with E-state index in [1.54, 1.807) is 9.58 Å². The standard InChI is InChI=1S/C23H19ClN4O2S/c24-18-8-6-16(7-9-18)20-15-31-23(25-20)28-21(17-4-2-1-3-5-17)14-19(26-28)22(29)27-10-12-30-13-11-27/h1-9,14-15H,10-13H2. The maximum absolute atomic E-state index is 13.1. The van der Waals surface area contributed by atoms with Crippen molar-refractivity contribution in [1.82, 2.24) is 19.7 Å². The molecule has 8 heteroatoms. The highest BCUT2D eigenvalue weighted by Crippen LogP contribution is 2.29. The maximum atomic E-state index is 13.1. The van der Waals surface area contributed by atoms with E-state index in [2.05, 4.69) is 5.10 Å². The molecule has 1 saturated heterocycles. The summed E-state index contributed by atoms with van der Waals surface area (Å²) in [5.41, 5.74) is 4.02. The highest BCUT2D eigenvalue weighted by molar-refractivity contribution is 7.12. The van der Waals surface area contributed by atoms with Crippen LogP contribution in [0.1, 0.15) is 10.5 Å². The number of carbonyl (C=O) groups is 1. The van der Waals surface area contributed by atoms with Gasteiger partial charge in [-0.25, -0.2) is 9.67 Å². The summed E-state index contributed by atoms with van der Waals surface area (Å²) in [6.07, 6.45) is 0. The molecule has 0 spiro atoms. The number of rotatable bonds is 4. The second-order valence-electron chi connectivity index (χ2n) is 7.12. The highest BCUT2D eigenvalue weighted by atomic mass is 35.5. The van der Waals surface area contributed by atoms with Gasteiger partial charge in [-0.15, -0.1) is 11.3 Å². The van der Waals surface area contributed by atoms with E-state index in [4.69, 9.17) is 21.3 Å². The van der Waals surface area contributed by atoms with Gasteiger partial charge < -0.3 is 9.64 Å². The summed E-state index contributed by atoms with van der Waals surface area (Å²) in [5, 5.41) is 8.03. The summed E-state index contributed by atoms with van der Waals surface area (Å²) < 4.78 is 7.13. The lowest BCUT2D eigenvalue weighted by molar-refractivity contribution is 0.0298. The van der Waals surface area contributed by atoms with E-state index in [9.17, 15) is 4.79 Å². The van der Waals surface area contributed by atoms with Crippen LogP contribution in [0.15, 0.2) is 66.0 Å². The van der Waals surface area contributed by atoms with Crippen LogP contribution in [0.3, 0.4) is 0 Å². The molecule has 1 aliphatic rings. The van der Waals surface area contributed by atoms with Gasteiger partial charge in [-0.05, 0) is 18.2 Å². The van der Waals surface area contributed by atoms with E-state index in [1.165, 1.54) is 11.3 Å². The lowest BCUT2D eigenvalue weighted by Gasteiger charge is -2.25. The molecule has 0 saturated carbocycles. The number of amides is 1. The molecule has 0 unspecified atom stereocenters. The van der Waals surface area contributed by atoms with Gasteiger partial charge in [0.1, 0.15) is 0 Å². The van der Waals surface area contributed by atoms with Gasteiger partial charge in [0, 0.05) is 34.6 Å². The second kappa shape index (κ2) is 8.63. The summed E-state index contributed by atoms with van der Waals surface area (Å²) in [4.78, 5) is 19.6. The molecule has 6 nitrogen and oxygen atoms in total. The molecule has 3 heterocycles. The molecule has 156 valence electrons. The van der Waals surface area contributed by atoms with Crippen LogP contribution in [-0.2, 0) is 4.74 Å². The van der Waals surface area contributed by atoms with Crippen molar-refractivity contribution in [1.29, 1.82) is 0 Å². The van der Waals surface area contributed by atoms with Gasteiger partial charge in [0.25, 0.3) is 5.91 Å². The molecule has 1 amide bonds. The van der Waals surface area contributed by atoms with Gasteiger partial charge in [-0.1, -0.05) is 54.1 Å². The minimum absolute atomic E-state index is 0.0892. The third-order valence-corrected chi connectivity index (χ3v) is 6.18. The minimum atomic E-state index is -0.0892. The molecule has 0 N–H and O–H groups in total. The first-order valence-electron chi connectivity index (χ1n) is 9.93. The van der Waals surface area contributed by atoms with Crippen LogP contribution in [-0.4, -0.2) is 51.9 Å². The van der Waals surface area contributed by atoms with Crippen LogP contribution < -0.4 is 0 Å². The molecule has 5 rings (SSSR count). The SMILES string of the molecule is O=C(c1cc(-c2ccccc2)n(-c2nc(-c3ccc(Cl)cc3)cs2)n1)N1CCOCC1. The van der Waals surface area contributed by atoms with Crippen molar-refractivity contribution in [3.8, 4) is 27.6 Å². The van der Waals surface area contributed by atoms with Gasteiger partial charge >= 0.3 is 0 Å². The zero-order chi connectivity index (χ0) is 21.2. The van der Waals surface area contributed by atoms with Crippen LogP contribution in [0, 0.1) is 0 Å². The Morgan fingerprint density at radius 1 is 1.00 bits per heavy atom. The largest absolute Gasteiger partial charge is 0.378 e. The van der Waals surface area contributed by atoms with Crippen LogP contribution >= 0.6 is 22.9 Å². The number of halogens is 1. The number of morpholine rings is 1. The normalized spacial score (nSPS) is 14.0. The fraction of sp³-hybridized carbons (Fsp3) is 0.174. The molecule has 4 aromatic rings. The quantitative estimate of drug-likeness (QED) is 0.448. The van der Waals surface area contributed by atoms with Crippen molar-refractivity contribution in [2.75, 3.05) is 26.3 Å². The topological polar surface area (TPSA) is 60.2 Å². The van der Waals surface area contributed by atoms with E-state index in [0.29, 0.717) is 42.2 Å². The Morgan fingerprint density at radius 3 is 2.48 bits per heavy atom. The first kappa shape index (κ1) is 19.9. The van der Waals surface area contributed by atoms with E-state index < -0.39 is 0 Å². The summed E-state index contributed by atoms with van der Waals surface area (Å²) in [5.74, 6) is -0.0892. The van der Waals surface area contributed by atoms with Gasteiger partial charge in [-0.3, -0.25) is 4.79 Å². The third-order valence-electron chi connectivity index (χ3n) is 5.11. The fourth-order valence-corrected chi connectivity index (χ4v) is 4.41. The number of hydrogen-bond donors (Lipinski definition) is 0. The fourth-order valence-electron chi connectivity index (χ4n) is 3.49. The van der Waals surface area contributed by atoms with E-state index in [0.717, 1.165) is 22.5 Å². The van der Waals surface area contributed by atoms with Crippen LogP contribution in [0.25, 0.3) is 27.6 Å². The Balaban J connectivity index is 1.55. The predicted molar refractivity (Wildman–Crippen MR) is 122 cm³/mol. The number of ether oxygens (including phenoxy) is 1. The van der Waals surface area contributed by atoms with Crippen LogP contribution in [0.5, 0.6) is 0 Å². The van der Waals surface area contributed by atoms with Crippen LogP contribution in [0.4, 0.5) is 0 Å². The Labute approximate surface area is 188 Å². The number of thiazole rings is 1. The van der Waals surface area contributed by atoms with Crippen molar-refractivity contribution < 1.29 is 9.53 Å². The number of aromatic nitrogens is 3. The van der Waals surface area contributed by atoms with Crippen molar-refractivity contribution in [2.45, 2.75) is 0 Å². The first-order chi connectivity index (χ1) is 15.2. The second-order valence-corrected chi connectivity index (χ2v) is 8.39. The molecule has 0 atom stereocenters. The molecule has 2 aromatic heterocycles. The first-order valence-corrected chi connectivity index (χ1v) is 11.2. The van der Waals surface area contributed by atoms with Gasteiger partial charge in [0.15, 0.2) is 5.69 Å². The maximum Gasteiger partial charge on any atom is 0.274 e. The lowest BCUT2D eigenvalue weighted by atomic mass is 10.1.